The van der Waals surface area contributed by atoms with Crippen molar-refractivity contribution in [2.75, 3.05) is 18.1 Å². The van der Waals surface area contributed by atoms with Crippen LogP contribution in [0.1, 0.15) is 32.0 Å². The molecule has 0 saturated carbocycles. The number of pyridine rings is 2. The Balaban J connectivity index is 1.74. The number of imidazole rings is 1. The number of hydrogen-bond donors (Lipinski definition) is 2. The van der Waals surface area contributed by atoms with Crippen molar-refractivity contribution in [1.82, 2.24) is 19.5 Å². The van der Waals surface area contributed by atoms with Crippen LogP contribution in [0.2, 0.25) is 0 Å². The molecule has 4 rings (SSSR count). The summed E-state index contributed by atoms with van der Waals surface area (Å²) in [5.41, 5.74) is 10.7. The molecular formula is C23H28N6O3S. The first-order valence-electron chi connectivity index (χ1n) is 10.9. The maximum atomic E-state index is 11.2. The Kier molecular flexibility index (Phi) is 6.87. The van der Waals surface area contributed by atoms with Gasteiger partial charge in [0.15, 0.2) is 5.82 Å². The molecule has 0 radical (unpaired) electrons. The molecule has 0 atom stereocenters. The number of sulfonamides is 1. The van der Waals surface area contributed by atoms with Gasteiger partial charge in [-0.05, 0) is 37.5 Å². The molecule has 174 valence electrons. The first-order chi connectivity index (χ1) is 15.9. The molecule has 4 aromatic rings. The molecule has 3 heterocycles. The minimum absolute atomic E-state index is 0.0135. The van der Waals surface area contributed by atoms with Gasteiger partial charge in [0.25, 0.3) is 0 Å². The molecular weight excluding hydrogens is 440 g/mol. The highest BCUT2D eigenvalue weighted by Crippen LogP contribution is 2.32. The van der Waals surface area contributed by atoms with Gasteiger partial charge >= 0.3 is 0 Å². The van der Waals surface area contributed by atoms with Gasteiger partial charge in [0, 0.05) is 36.5 Å². The van der Waals surface area contributed by atoms with Crippen LogP contribution >= 0.6 is 0 Å². The Bertz CT molecular complexity index is 1370. The standard InChI is InChI=1S/C23H28N6O3S/c1-2-32-15-20-28-21-22(29(20)11-4-3-5-12-33(25,30)31)18-9-8-16(13-19(18)27-23(21)24)17-7-6-10-26-14-17/h6-10,13-14H,2-5,11-12,15H2,1H3,(H2,24,27)(H2,25,30,31). The van der Waals surface area contributed by atoms with Gasteiger partial charge in [-0.3, -0.25) is 4.98 Å². The van der Waals surface area contributed by atoms with E-state index in [0.717, 1.165) is 46.2 Å². The Morgan fingerprint density at radius 2 is 1.94 bits per heavy atom. The van der Waals surface area contributed by atoms with E-state index in [-0.39, 0.29) is 5.75 Å². The summed E-state index contributed by atoms with van der Waals surface area (Å²) >= 11 is 0. The van der Waals surface area contributed by atoms with Crippen LogP contribution in [0.15, 0.2) is 42.7 Å². The number of aryl methyl sites for hydroxylation is 1. The average Bonchev–Trinajstić information content (AvgIpc) is 3.16. The van der Waals surface area contributed by atoms with Gasteiger partial charge in [-0.15, -0.1) is 0 Å². The summed E-state index contributed by atoms with van der Waals surface area (Å²) in [5, 5.41) is 6.07. The van der Waals surface area contributed by atoms with Gasteiger partial charge < -0.3 is 15.0 Å². The monoisotopic (exact) mass is 468 g/mol. The van der Waals surface area contributed by atoms with Gasteiger partial charge in [-0.2, -0.15) is 0 Å². The number of fused-ring (bicyclic) bond motifs is 3. The lowest BCUT2D eigenvalue weighted by molar-refractivity contribution is 0.126. The van der Waals surface area contributed by atoms with E-state index in [2.05, 4.69) is 14.5 Å². The maximum absolute atomic E-state index is 11.2. The van der Waals surface area contributed by atoms with E-state index < -0.39 is 10.0 Å². The third-order valence-electron chi connectivity index (χ3n) is 5.52. The van der Waals surface area contributed by atoms with Gasteiger partial charge in [-0.1, -0.05) is 24.6 Å². The smallest absolute Gasteiger partial charge is 0.209 e. The third kappa shape index (κ3) is 5.29. The van der Waals surface area contributed by atoms with E-state index in [9.17, 15) is 8.42 Å². The third-order valence-corrected chi connectivity index (χ3v) is 6.38. The second kappa shape index (κ2) is 9.82. The number of aromatic nitrogens is 4. The molecule has 10 heteroatoms. The topological polar surface area (TPSA) is 139 Å². The zero-order valence-corrected chi connectivity index (χ0v) is 19.4. The lowest BCUT2D eigenvalue weighted by atomic mass is 10.0. The molecule has 4 N–H and O–H groups in total. The first-order valence-corrected chi connectivity index (χ1v) is 12.7. The molecule has 3 aromatic heterocycles. The lowest BCUT2D eigenvalue weighted by Gasteiger charge is -2.12. The second-order valence-corrected chi connectivity index (χ2v) is 9.65. The van der Waals surface area contributed by atoms with Crippen LogP contribution < -0.4 is 10.9 Å². The summed E-state index contributed by atoms with van der Waals surface area (Å²) in [4.78, 5) is 13.6. The summed E-state index contributed by atoms with van der Waals surface area (Å²) in [6.07, 6.45) is 5.58. The summed E-state index contributed by atoms with van der Waals surface area (Å²) in [6.45, 7) is 3.52. The van der Waals surface area contributed by atoms with Crippen molar-refractivity contribution in [2.45, 2.75) is 39.3 Å². The van der Waals surface area contributed by atoms with E-state index >= 15 is 0 Å². The number of nitrogens with two attached hydrogens (primary N) is 2. The second-order valence-electron chi connectivity index (χ2n) is 7.91. The minimum atomic E-state index is -3.44. The number of primary sulfonamides is 1. The first kappa shape index (κ1) is 23.1. The molecule has 1 aromatic carbocycles. The Morgan fingerprint density at radius 3 is 2.67 bits per heavy atom. The van der Waals surface area contributed by atoms with Crippen LogP contribution in [0.5, 0.6) is 0 Å². The molecule has 0 aliphatic rings. The van der Waals surface area contributed by atoms with Crippen LogP contribution in [-0.2, 0) is 27.9 Å². The van der Waals surface area contributed by atoms with Crippen molar-refractivity contribution in [3.05, 3.63) is 48.5 Å². The van der Waals surface area contributed by atoms with Crippen molar-refractivity contribution in [2.24, 2.45) is 5.14 Å². The fourth-order valence-electron chi connectivity index (χ4n) is 3.97. The number of hydrogen-bond acceptors (Lipinski definition) is 7. The van der Waals surface area contributed by atoms with Crippen LogP contribution in [0.4, 0.5) is 5.82 Å². The van der Waals surface area contributed by atoms with Crippen LogP contribution in [0.25, 0.3) is 33.1 Å². The summed E-state index contributed by atoms with van der Waals surface area (Å²) in [6, 6.07) is 9.99. The van der Waals surface area contributed by atoms with E-state index in [0.29, 0.717) is 37.5 Å². The summed E-state index contributed by atoms with van der Waals surface area (Å²) in [7, 11) is -3.44. The molecule has 0 fully saturated rings. The van der Waals surface area contributed by atoms with Gasteiger partial charge in [0.2, 0.25) is 10.0 Å². The highest BCUT2D eigenvalue weighted by atomic mass is 32.2. The summed E-state index contributed by atoms with van der Waals surface area (Å²) in [5.74, 6) is 1.13. The van der Waals surface area contributed by atoms with Crippen molar-refractivity contribution in [1.29, 1.82) is 0 Å². The van der Waals surface area contributed by atoms with Gasteiger partial charge in [-0.25, -0.2) is 23.5 Å². The average molecular weight is 469 g/mol. The van der Waals surface area contributed by atoms with E-state index in [4.69, 9.17) is 20.6 Å². The van der Waals surface area contributed by atoms with Crippen molar-refractivity contribution in [3.8, 4) is 11.1 Å². The van der Waals surface area contributed by atoms with Gasteiger partial charge in [0.1, 0.15) is 17.9 Å². The molecule has 0 bridgehead atoms. The molecule has 0 unspecified atom stereocenters. The number of rotatable bonds is 10. The van der Waals surface area contributed by atoms with Crippen LogP contribution in [-0.4, -0.2) is 40.3 Å². The Labute approximate surface area is 192 Å². The number of unbranched alkanes of at least 4 members (excludes halogenated alkanes) is 2. The zero-order valence-electron chi connectivity index (χ0n) is 18.6. The number of nitrogen functional groups attached to an aromatic ring is 1. The molecule has 0 amide bonds. The maximum Gasteiger partial charge on any atom is 0.209 e. The number of ether oxygens (including phenoxy) is 1. The van der Waals surface area contributed by atoms with Crippen molar-refractivity contribution < 1.29 is 13.2 Å². The lowest BCUT2D eigenvalue weighted by Crippen LogP contribution is -2.16. The van der Waals surface area contributed by atoms with Gasteiger partial charge in [0.05, 0.1) is 16.8 Å². The molecule has 33 heavy (non-hydrogen) atoms. The fraction of sp³-hybridized carbons (Fsp3) is 0.348. The SMILES string of the molecule is CCOCc1nc2c(N)nc3cc(-c4cccnc4)ccc3c2n1CCCCCS(N)(=O)=O. The number of benzene rings is 1. The predicted octanol–water partition coefficient (Wildman–Crippen LogP) is 3.22. The van der Waals surface area contributed by atoms with Crippen molar-refractivity contribution >= 4 is 37.8 Å². The van der Waals surface area contributed by atoms with Crippen LogP contribution in [0.3, 0.4) is 0 Å². The fourth-order valence-corrected chi connectivity index (χ4v) is 4.57. The number of nitrogens with zero attached hydrogens (tertiary/aromatic N) is 4. The van der Waals surface area contributed by atoms with E-state index in [1.54, 1.807) is 6.20 Å². The number of anilines is 1. The highest BCUT2D eigenvalue weighted by molar-refractivity contribution is 7.89. The molecule has 0 saturated heterocycles. The zero-order chi connectivity index (χ0) is 23.4. The largest absolute Gasteiger partial charge is 0.382 e. The quantitative estimate of drug-likeness (QED) is 0.341. The predicted molar refractivity (Wildman–Crippen MR) is 130 cm³/mol. The molecule has 0 spiro atoms. The Hall–Kier alpha value is -3.08. The molecule has 0 aliphatic carbocycles. The minimum Gasteiger partial charge on any atom is -0.382 e. The van der Waals surface area contributed by atoms with E-state index in [1.165, 1.54) is 0 Å². The normalized spacial score (nSPS) is 12.1. The highest BCUT2D eigenvalue weighted by Gasteiger charge is 2.18. The van der Waals surface area contributed by atoms with Crippen molar-refractivity contribution in [3.63, 3.8) is 0 Å². The molecule has 9 nitrogen and oxygen atoms in total. The Morgan fingerprint density at radius 1 is 1.09 bits per heavy atom. The van der Waals surface area contributed by atoms with Crippen LogP contribution in [0, 0.1) is 0 Å². The molecule has 0 aliphatic heterocycles. The van der Waals surface area contributed by atoms with E-state index in [1.807, 2.05) is 43.5 Å². The summed E-state index contributed by atoms with van der Waals surface area (Å²) < 4.78 is 30.2.